The molecule has 2 N–H and O–H groups in total. The van der Waals surface area contributed by atoms with Crippen LogP contribution in [0.1, 0.15) is 25.1 Å². The van der Waals surface area contributed by atoms with Gasteiger partial charge in [0.05, 0.1) is 4.88 Å². The Kier molecular flexibility index (Phi) is 4.98. The van der Waals surface area contributed by atoms with Crippen molar-refractivity contribution >= 4 is 22.1 Å². The van der Waals surface area contributed by atoms with Crippen LogP contribution in [0.15, 0.2) is 30.7 Å². The fourth-order valence-corrected chi connectivity index (χ4v) is 4.31. The molecule has 0 bridgehead atoms. The van der Waals surface area contributed by atoms with E-state index in [1.807, 2.05) is 28.9 Å². The van der Waals surface area contributed by atoms with Crippen molar-refractivity contribution in [3.05, 3.63) is 41.5 Å². The van der Waals surface area contributed by atoms with Gasteiger partial charge in [-0.3, -0.25) is 4.90 Å². The second-order valence-corrected chi connectivity index (χ2v) is 7.95. The number of rotatable bonds is 6. The Morgan fingerprint density at radius 2 is 2.33 bits per heavy atom. The summed E-state index contributed by atoms with van der Waals surface area (Å²) in [6.07, 6.45) is 5.73. The molecular formula is C18H22FN5O2S. The van der Waals surface area contributed by atoms with Crippen molar-refractivity contribution in [1.82, 2.24) is 19.3 Å². The summed E-state index contributed by atoms with van der Waals surface area (Å²) < 4.78 is 22.2. The largest absolute Gasteiger partial charge is 0.489 e. The molecule has 3 aromatic rings. The quantitative estimate of drug-likeness (QED) is 0.630. The number of imidazole rings is 1. The van der Waals surface area contributed by atoms with Crippen molar-refractivity contribution in [3.63, 3.8) is 0 Å². The molecule has 1 unspecified atom stereocenters. The fourth-order valence-electron chi connectivity index (χ4n) is 3.36. The smallest absolute Gasteiger partial charge is 0.230 e. The third-order valence-corrected chi connectivity index (χ3v) is 5.61. The van der Waals surface area contributed by atoms with E-state index >= 15 is 0 Å². The van der Waals surface area contributed by atoms with Gasteiger partial charge < -0.3 is 19.6 Å². The van der Waals surface area contributed by atoms with Gasteiger partial charge >= 0.3 is 0 Å². The Morgan fingerprint density at radius 1 is 1.48 bits per heavy atom. The molecule has 0 aliphatic carbocycles. The first kappa shape index (κ1) is 18.1. The molecule has 4 heterocycles. The molecule has 4 rings (SSSR count). The van der Waals surface area contributed by atoms with E-state index in [1.54, 1.807) is 13.1 Å². The second-order valence-electron chi connectivity index (χ2n) is 6.86. The lowest BCUT2D eigenvalue weighted by atomic mass is 10.2. The van der Waals surface area contributed by atoms with Gasteiger partial charge in [0.1, 0.15) is 23.7 Å². The predicted molar refractivity (Wildman–Crippen MR) is 101 cm³/mol. The molecule has 0 aromatic carbocycles. The molecule has 27 heavy (non-hydrogen) atoms. The third-order valence-electron chi connectivity index (χ3n) is 4.67. The number of aromatic nitrogens is 3. The summed E-state index contributed by atoms with van der Waals surface area (Å²) >= 11 is 1.23. The summed E-state index contributed by atoms with van der Waals surface area (Å²) in [5.74, 6) is 0.310. The summed E-state index contributed by atoms with van der Waals surface area (Å²) in [7, 11) is 0. The number of halogens is 1. The molecule has 0 spiro atoms. The van der Waals surface area contributed by atoms with Gasteiger partial charge in [-0.15, -0.1) is 0 Å². The molecule has 7 nitrogen and oxygen atoms in total. The number of aliphatic hydroxyl groups excluding tert-OH is 1. The maximum atomic E-state index is 14.1. The minimum atomic E-state index is -0.765. The number of anilines is 1. The molecule has 0 saturated carbocycles. The van der Waals surface area contributed by atoms with E-state index in [4.69, 9.17) is 4.74 Å². The van der Waals surface area contributed by atoms with E-state index in [2.05, 4.69) is 27.1 Å². The highest BCUT2D eigenvalue weighted by molar-refractivity contribution is 7.15. The number of likely N-dealkylation sites (tertiary alicyclic amines) is 1. The number of hydrogen-bond acceptors (Lipinski definition) is 7. The molecular weight excluding hydrogens is 369 g/mol. The van der Waals surface area contributed by atoms with Crippen molar-refractivity contribution in [1.29, 1.82) is 0 Å². The Hall–Kier alpha value is -2.23. The molecule has 1 aliphatic rings. The number of nitrogens with zero attached hydrogens (tertiary/aromatic N) is 4. The van der Waals surface area contributed by atoms with E-state index in [9.17, 15) is 9.50 Å². The average molecular weight is 391 g/mol. The highest BCUT2D eigenvalue weighted by Crippen LogP contribution is 2.29. The first-order chi connectivity index (χ1) is 13.0. The highest BCUT2D eigenvalue weighted by atomic mass is 32.1. The molecule has 0 radical (unpaired) electrons. The van der Waals surface area contributed by atoms with Gasteiger partial charge in [0, 0.05) is 50.2 Å². The Labute approximate surface area is 160 Å². The molecule has 3 atom stereocenters. The van der Waals surface area contributed by atoms with Crippen molar-refractivity contribution in [3.8, 4) is 5.75 Å². The summed E-state index contributed by atoms with van der Waals surface area (Å²) in [4.78, 5) is 10.9. The van der Waals surface area contributed by atoms with Crippen LogP contribution in [0.4, 0.5) is 9.52 Å². The minimum absolute atomic E-state index is 0.0449. The van der Waals surface area contributed by atoms with Crippen LogP contribution >= 0.6 is 11.3 Å². The van der Waals surface area contributed by atoms with Gasteiger partial charge in [0.25, 0.3) is 0 Å². The highest BCUT2D eigenvalue weighted by Gasteiger charge is 2.31. The van der Waals surface area contributed by atoms with Crippen LogP contribution < -0.4 is 10.1 Å². The van der Waals surface area contributed by atoms with Crippen molar-refractivity contribution in [2.75, 3.05) is 11.9 Å². The Morgan fingerprint density at radius 3 is 3.15 bits per heavy atom. The van der Waals surface area contributed by atoms with Crippen molar-refractivity contribution in [2.45, 2.75) is 45.2 Å². The number of nitrogens with one attached hydrogen (secondary N) is 1. The van der Waals surface area contributed by atoms with Crippen LogP contribution in [-0.2, 0) is 6.54 Å². The van der Waals surface area contributed by atoms with Gasteiger partial charge in [-0.1, -0.05) is 11.3 Å². The normalized spacial score (nSPS) is 21.6. The predicted octanol–water partition coefficient (Wildman–Crippen LogP) is 2.72. The first-order valence-corrected chi connectivity index (χ1v) is 9.73. The maximum Gasteiger partial charge on any atom is 0.230 e. The first-order valence-electron chi connectivity index (χ1n) is 8.91. The maximum absolute atomic E-state index is 14.1. The van der Waals surface area contributed by atoms with Crippen LogP contribution in [-0.4, -0.2) is 49.3 Å². The summed E-state index contributed by atoms with van der Waals surface area (Å²) in [6.45, 7) is 4.89. The third kappa shape index (κ3) is 4.05. The fraction of sp³-hybridized carbons (Fsp3) is 0.444. The standard InChI is InChI=1S/C18H22FN5O2S/c1-11-7-14(26-13-3-5-23-6-4-20-16(23)8-13)9-24(11)10-15-17(19)22-18(27-15)21-12(2)25/h3-6,8,11-12,14,25H,7,9-10H2,1-2H3,(H,21,22)/t11-,12?,14+/m0/s1. The molecule has 144 valence electrons. The summed E-state index contributed by atoms with van der Waals surface area (Å²) in [6, 6.07) is 4.13. The molecule has 9 heteroatoms. The van der Waals surface area contributed by atoms with E-state index in [-0.39, 0.29) is 12.1 Å². The number of fused-ring (bicyclic) bond motifs is 1. The van der Waals surface area contributed by atoms with Crippen LogP contribution in [0.5, 0.6) is 5.75 Å². The van der Waals surface area contributed by atoms with Crippen molar-refractivity contribution in [2.24, 2.45) is 0 Å². The van der Waals surface area contributed by atoms with Crippen LogP contribution in [0.25, 0.3) is 5.65 Å². The summed E-state index contributed by atoms with van der Waals surface area (Å²) in [5, 5.41) is 12.5. The minimum Gasteiger partial charge on any atom is -0.489 e. The molecule has 0 amide bonds. The van der Waals surface area contributed by atoms with Gasteiger partial charge in [0.2, 0.25) is 5.95 Å². The lowest BCUT2D eigenvalue weighted by Gasteiger charge is -2.19. The number of pyridine rings is 1. The van der Waals surface area contributed by atoms with E-state index in [0.29, 0.717) is 16.6 Å². The van der Waals surface area contributed by atoms with E-state index < -0.39 is 12.2 Å². The SMILES string of the molecule is CC(O)Nc1nc(F)c(CN2C[C@H](Oc3ccn4ccnc4c3)C[C@@H]2C)s1. The van der Waals surface area contributed by atoms with Gasteiger partial charge in [-0.2, -0.15) is 9.37 Å². The lowest BCUT2D eigenvalue weighted by molar-refractivity contribution is 0.194. The number of thiazole rings is 1. The topological polar surface area (TPSA) is 74.9 Å². The second kappa shape index (κ2) is 7.41. The number of aliphatic hydroxyl groups is 1. The van der Waals surface area contributed by atoms with Crippen LogP contribution in [0.3, 0.4) is 0 Å². The van der Waals surface area contributed by atoms with Gasteiger partial charge in [-0.25, -0.2) is 4.98 Å². The summed E-state index contributed by atoms with van der Waals surface area (Å²) in [5.41, 5.74) is 0.847. The molecule has 1 aliphatic heterocycles. The molecule has 1 fully saturated rings. The monoisotopic (exact) mass is 391 g/mol. The Bertz CT molecular complexity index is 928. The van der Waals surface area contributed by atoms with E-state index in [0.717, 1.165) is 24.4 Å². The molecule has 1 saturated heterocycles. The zero-order chi connectivity index (χ0) is 19.0. The van der Waals surface area contributed by atoms with Crippen LogP contribution in [0.2, 0.25) is 0 Å². The zero-order valence-electron chi connectivity index (χ0n) is 15.2. The van der Waals surface area contributed by atoms with E-state index in [1.165, 1.54) is 11.3 Å². The zero-order valence-corrected chi connectivity index (χ0v) is 16.0. The number of ether oxygens (including phenoxy) is 1. The Balaban J connectivity index is 1.40. The molecule has 3 aromatic heterocycles. The number of hydrogen-bond donors (Lipinski definition) is 2. The van der Waals surface area contributed by atoms with Gasteiger partial charge in [0.15, 0.2) is 5.13 Å². The van der Waals surface area contributed by atoms with Gasteiger partial charge in [-0.05, 0) is 19.9 Å². The lowest BCUT2D eigenvalue weighted by Crippen LogP contribution is -2.28. The van der Waals surface area contributed by atoms with Crippen LogP contribution in [0, 0.1) is 5.95 Å². The van der Waals surface area contributed by atoms with Crippen molar-refractivity contribution < 1.29 is 14.2 Å². The average Bonchev–Trinajstić information content (AvgIpc) is 3.28.